The summed E-state index contributed by atoms with van der Waals surface area (Å²) in [6.07, 6.45) is 0.696. The Morgan fingerprint density at radius 2 is 2.12 bits per heavy atom. The van der Waals surface area contributed by atoms with Crippen LogP contribution in [0, 0.1) is 5.92 Å². The number of hydrogen-bond donors (Lipinski definition) is 3. The maximum atomic E-state index is 12.5. The van der Waals surface area contributed by atoms with Crippen molar-refractivity contribution in [1.82, 2.24) is 19.9 Å². The molecule has 0 aliphatic carbocycles. The molecule has 136 valence electrons. The van der Waals surface area contributed by atoms with Crippen LogP contribution in [0.25, 0.3) is 0 Å². The molecule has 2 unspecified atom stereocenters. The maximum Gasteiger partial charge on any atom is 0.241 e. The number of H-pyrrole nitrogens is 1. The lowest BCUT2D eigenvalue weighted by Crippen LogP contribution is -2.50. The van der Waals surface area contributed by atoms with Gasteiger partial charge in [0.1, 0.15) is 0 Å². The van der Waals surface area contributed by atoms with Gasteiger partial charge in [-0.15, -0.1) is 5.10 Å². The third-order valence-electron chi connectivity index (χ3n) is 4.30. The molecule has 2 aromatic rings. The summed E-state index contributed by atoms with van der Waals surface area (Å²) in [6, 6.07) is 7.20. The van der Waals surface area contributed by atoms with Gasteiger partial charge in [0.2, 0.25) is 21.9 Å². The van der Waals surface area contributed by atoms with Crippen molar-refractivity contribution in [2.45, 2.75) is 25.1 Å². The fourth-order valence-corrected chi connectivity index (χ4v) is 4.78. The molecular formula is C15H21BrN6O2S. The zero-order chi connectivity index (χ0) is 18.0. The molecule has 1 aliphatic rings. The van der Waals surface area contributed by atoms with Gasteiger partial charge in [-0.3, -0.25) is 0 Å². The molecule has 4 N–H and O–H groups in total. The Morgan fingerprint density at radius 3 is 2.72 bits per heavy atom. The molecule has 1 aromatic carbocycles. The van der Waals surface area contributed by atoms with Crippen molar-refractivity contribution in [3.8, 4) is 0 Å². The molecular weight excluding hydrogens is 408 g/mol. The molecule has 1 saturated heterocycles. The van der Waals surface area contributed by atoms with Crippen LogP contribution in [-0.2, 0) is 15.8 Å². The smallest absolute Gasteiger partial charge is 0.241 e. The normalized spacial score (nSPS) is 21.4. The average Bonchev–Trinajstić information content (AvgIpc) is 2.98. The lowest BCUT2D eigenvalue weighted by molar-refractivity contribution is 0.354. The number of halogens is 1. The Balaban J connectivity index is 1.60. The van der Waals surface area contributed by atoms with E-state index in [1.54, 1.807) is 0 Å². The Kier molecular flexibility index (Phi) is 5.30. The van der Waals surface area contributed by atoms with Crippen molar-refractivity contribution in [2.75, 3.05) is 23.7 Å². The number of nitrogens with one attached hydrogen (secondary N) is 2. The van der Waals surface area contributed by atoms with Crippen LogP contribution in [0.2, 0.25) is 0 Å². The standard InChI is InChI=1S/C15H21BrN6O2S/c1-10-8-22(15-18-14(17)19-20-15)7-6-13(10)21-25(23,24)9-11-2-4-12(16)5-3-11/h2-5,10,13,21H,6-9H2,1H3,(H3,17,18,19,20). The first kappa shape index (κ1) is 18.2. The van der Waals surface area contributed by atoms with Gasteiger partial charge in [-0.05, 0) is 30.0 Å². The predicted octanol–water partition coefficient (Wildman–Crippen LogP) is 1.48. The van der Waals surface area contributed by atoms with Crippen LogP contribution in [0.15, 0.2) is 28.7 Å². The minimum Gasteiger partial charge on any atom is -0.366 e. The van der Waals surface area contributed by atoms with Gasteiger partial charge < -0.3 is 10.6 Å². The van der Waals surface area contributed by atoms with Gasteiger partial charge in [0.15, 0.2) is 0 Å². The second-order valence-corrected chi connectivity index (χ2v) is 9.01. The molecule has 0 spiro atoms. The number of benzene rings is 1. The molecule has 1 aliphatic heterocycles. The second-order valence-electron chi connectivity index (χ2n) is 6.34. The monoisotopic (exact) mass is 428 g/mol. The molecule has 25 heavy (non-hydrogen) atoms. The van der Waals surface area contributed by atoms with E-state index in [0.29, 0.717) is 25.5 Å². The average molecular weight is 429 g/mol. The van der Waals surface area contributed by atoms with Crippen LogP contribution in [0.5, 0.6) is 0 Å². The van der Waals surface area contributed by atoms with Crippen LogP contribution in [0.4, 0.5) is 11.9 Å². The number of sulfonamides is 1. The molecule has 2 heterocycles. The Bertz CT molecular complexity index is 823. The SMILES string of the molecule is CC1CN(c2nc(N)n[nH]2)CCC1NS(=O)(=O)Cc1ccc(Br)cc1. The van der Waals surface area contributed by atoms with Crippen LogP contribution in [-0.4, -0.2) is 42.7 Å². The van der Waals surface area contributed by atoms with Gasteiger partial charge in [0.25, 0.3) is 0 Å². The van der Waals surface area contributed by atoms with Crippen LogP contribution >= 0.6 is 15.9 Å². The van der Waals surface area contributed by atoms with Crippen molar-refractivity contribution in [1.29, 1.82) is 0 Å². The van der Waals surface area contributed by atoms with E-state index in [1.807, 2.05) is 36.1 Å². The number of nitrogens with zero attached hydrogens (tertiary/aromatic N) is 3. The van der Waals surface area contributed by atoms with Gasteiger partial charge >= 0.3 is 0 Å². The van der Waals surface area contributed by atoms with E-state index < -0.39 is 10.0 Å². The van der Waals surface area contributed by atoms with Crippen LogP contribution in [0.3, 0.4) is 0 Å². The molecule has 8 nitrogen and oxygen atoms in total. The minimum atomic E-state index is -3.40. The van der Waals surface area contributed by atoms with Crippen molar-refractivity contribution >= 4 is 37.8 Å². The minimum absolute atomic E-state index is 0.0220. The van der Waals surface area contributed by atoms with Gasteiger partial charge in [0, 0.05) is 23.6 Å². The summed E-state index contributed by atoms with van der Waals surface area (Å²) in [7, 11) is -3.40. The first-order valence-electron chi connectivity index (χ1n) is 8.00. The summed E-state index contributed by atoms with van der Waals surface area (Å²) in [5, 5.41) is 6.63. The van der Waals surface area contributed by atoms with E-state index >= 15 is 0 Å². The van der Waals surface area contributed by atoms with Crippen molar-refractivity contribution in [3.63, 3.8) is 0 Å². The number of nitrogen functional groups attached to an aromatic ring is 1. The Hall–Kier alpha value is -1.65. The molecule has 10 heteroatoms. The van der Waals surface area contributed by atoms with Gasteiger partial charge in [-0.2, -0.15) is 4.98 Å². The summed E-state index contributed by atoms with van der Waals surface area (Å²) in [5.41, 5.74) is 6.30. The maximum absolute atomic E-state index is 12.5. The summed E-state index contributed by atoms with van der Waals surface area (Å²) >= 11 is 3.35. The quantitative estimate of drug-likeness (QED) is 0.663. The van der Waals surface area contributed by atoms with Crippen molar-refractivity contribution < 1.29 is 8.42 Å². The fraction of sp³-hybridized carbons (Fsp3) is 0.467. The van der Waals surface area contributed by atoms with E-state index in [-0.39, 0.29) is 23.7 Å². The number of rotatable bonds is 5. The van der Waals surface area contributed by atoms with Gasteiger partial charge in [0.05, 0.1) is 5.75 Å². The number of aromatic nitrogens is 3. The highest BCUT2D eigenvalue weighted by Crippen LogP contribution is 2.22. The topological polar surface area (TPSA) is 117 Å². The lowest BCUT2D eigenvalue weighted by atomic mass is 9.95. The van der Waals surface area contributed by atoms with Gasteiger partial charge in [-0.1, -0.05) is 35.0 Å². The fourth-order valence-electron chi connectivity index (χ4n) is 2.99. The molecule has 1 aromatic heterocycles. The van der Waals surface area contributed by atoms with E-state index in [4.69, 9.17) is 5.73 Å². The second kappa shape index (κ2) is 7.30. The summed E-state index contributed by atoms with van der Waals surface area (Å²) in [5.74, 6) is 0.950. The van der Waals surface area contributed by atoms with Gasteiger partial charge in [-0.25, -0.2) is 18.2 Å². The molecule has 0 amide bonds. The van der Waals surface area contributed by atoms with Crippen molar-refractivity contribution in [3.05, 3.63) is 34.3 Å². The first-order valence-corrected chi connectivity index (χ1v) is 10.4. The lowest BCUT2D eigenvalue weighted by Gasteiger charge is -2.36. The molecule has 0 radical (unpaired) electrons. The molecule has 1 fully saturated rings. The molecule has 3 rings (SSSR count). The highest BCUT2D eigenvalue weighted by atomic mass is 79.9. The molecule has 0 saturated carbocycles. The molecule has 2 atom stereocenters. The first-order chi connectivity index (χ1) is 11.8. The van der Waals surface area contributed by atoms with Crippen LogP contribution in [0.1, 0.15) is 18.9 Å². The summed E-state index contributed by atoms with van der Waals surface area (Å²) in [4.78, 5) is 6.16. The summed E-state index contributed by atoms with van der Waals surface area (Å²) in [6.45, 7) is 3.39. The molecule has 0 bridgehead atoms. The predicted molar refractivity (Wildman–Crippen MR) is 100 cm³/mol. The number of anilines is 2. The third-order valence-corrected chi connectivity index (χ3v) is 6.20. The summed E-state index contributed by atoms with van der Waals surface area (Å²) < 4.78 is 28.7. The Morgan fingerprint density at radius 1 is 1.40 bits per heavy atom. The number of nitrogens with two attached hydrogens (primary N) is 1. The largest absolute Gasteiger partial charge is 0.366 e. The highest BCUT2D eigenvalue weighted by molar-refractivity contribution is 9.10. The van der Waals surface area contributed by atoms with E-state index in [9.17, 15) is 8.42 Å². The number of piperidine rings is 1. The zero-order valence-corrected chi connectivity index (χ0v) is 16.2. The van der Waals surface area contributed by atoms with Crippen LogP contribution < -0.4 is 15.4 Å². The van der Waals surface area contributed by atoms with E-state index in [0.717, 1.165) is 10.0 Å². The van der Waals surface area contributed by atoms with Crippen molar-refractivity contribution in [2.24, 2.45) is 5.92 Å². The highest BCUT2D eigenvalue weighted by Gasteiger charge is 2.30. The van der Waals surface area contributed by atoms with E-state index in [1.165, 1.54) is 0 Å². The number of aromatic amines is 1. The Labute approximate surface area is 155 Å². The zero-order valence-electron chi connectivity index (χ0n) is 13.8. The number of hydrogen-bond acceptors (Lipinski definition) is 6. The van der Waals surface area contributed by atoms with E-state index in [2.05, 4.69) is 35.8 Å². The third kappa shape index (κ3) is 4.71.